The van der Waals surface area contributed by atoms with Crippen LogP contribution in [0.4, 0.5) is 0 Å². The van der Waals surface area contributed by atoms with Crippen molar-refractivity contribution >= 4 is 40.9 Å². The van der Waals surface area contributed by atoms with E-state index in [0.717, 1.165) is 66.9 Å². The van der Waals surface area contributed by atoms with E-state index in [2.05, 4.69) is 60.2 Å². The Kier molecular flexibility index (Phi) is 11.8. The third-order valence-electron chi connectivity index (χ3n) is 6.30. The summed E-state index contributed by atoms with van der Waals surface area (Å²) < 4.78 is 2.00. The van der Waals surface area contributed by atoms with Crippen LogP contribution < -0.4 is 5.32 Å². The first kappa shape index (κ1) is 29.5. The van der Waals surface area contributed by atoms with Gasteiger partial charge < -0.3 is 10.2 Å². The fraction of sp³-hybridized carbons (Fsp3) is 0.464. The predicted molar refractivity (Wildman–Crippen MR) is 156 cm³/mol. The molecule has 1 heterocycles. The summed E-state index contributed by atoms with van der Waals surface area (Å²) in [6.45, 7) is 11.7. The highest BCUT2D eigenvalue weighted by atomic mass is 35.5. The fourth-order valence-electron chi connectivity index (χ4n) is 4.09. The molecule has 37 heavy (non-hydrogen) atoms. The summed E-state index contributed by atoms with van der Waals surface area (Å²) >= 11 is 14.1. The minimum Gasteiger partial charge on any atom is -0.354 e. The first-order valence-electron chi connectivity index (χ1n) is 12.9. The highest BCUT2D eigenvalue weighted by Gasteiger charge is 2.17. The Balaban J connectivity index is 1.59. The Labute approximate surface area is 235 Å². The van der Waals surface area contributed by atoms with Crippen molar-refractivity contribution in [3.63, 3.8) is 0 Å². The molecule has 0 saturated heterocycles. The number of aryl methyl sites for hydroxylation is 1. The number of hydrogen-bond acceptors (Lipinski definition) is 5. The normalized spacial score (nSPS) is 12.2. The molecule has 1 aromatic heterocycles. The molecule has 0 spiro atoms. The third kappa shape index (κ3) is 8.74. The number of nitrogens with one attached hydrogen (secondary N) is 1. The second-order valence-corrected chi connectivity index (χ2v) is 11.1. The van der Waals surface area contributed by atoms with Gasteiger partial charge in [-0.15, -0.1) is 10.2 Å². The molecule has 0 aliphatic heterocycles. The Hall–Kier alpha value is -2.06. The van der Waals surface area contributed by atoms with Crippen LogP contribution in [0, 0.1) is 6.92 Å². The molecule has 1 atom stereocenters. The van der Waals surface area contributed by atoms with Gasteiger partial charge in [0.25, 0.3) is 0 Å². The maximum Gasteiger partial charge on any atom is 0.220 e. The van der Waals surface area contributed by atoms with Crippen LogP contribution in [-0.2, 0) is 4.79 Å². The van der Waals surface area contributed by atoms with Gasteiger partial charge >= 0.3 is 0 Å². The molecule has 0 aliphatic carbocycles. The standard InChI is InChI=1S/C28H37Cl2N5OS/c1-5-34(6-2)17-7-9-21(4)31-26(36)10-8-18-37-28-33-32-27(22-13-11-20(3)12-14-22)35(28)23-15-16-24(29)25(30)19-23/h11-16,19,21H,5-10,17-18H2,1-4H3,(H,31,36). The van der Waals surface area contributed by atoms with Gasteiger partial charge in [0.15, 0.2) is 11.0 Å². The highest BCUT2D eigenvalue weighted by molar-refractivity contribution is 7.99. The van der Waals surface area contributed by atoms with E-state index in [-0.39, 0.29) is 11.9 Å². The first-order valence-corrected chi connectivity index (χ1v) is 14.7. The Morgan fingerprint density at radius 1 is 1.05 bits per heavy atom. The second kappa shape index (κ2) is 14.8. The molecule has 0 fully saturated rings. The smallest absolute Gasteiger partial charge is 0.220 e. The van der Waals surface area contributed by atoms with Crippen LogP contribution in [-0.4, -0.2) is 57.0 Å². The Morgan fingerprint density at radius 2 is 1.78 bits per heavy atom. The summed E-state index contributed by atoms with van der Waals surface area (Å²) in [4.78, 5) is 14.9. The molecule has 3 aromatic rings. The average molecular weight is 563 g/mol. The maximum atomic E-state index is 12.5. The zero-order valence-corrected chi connectivity index (χ0v) is 24.5. The number of amides is 1. The summed E-state index contributed by atoms with van der Waals surface area (Å²) in [5.74, 6) is 1.58. The zero-order valence-electron chi connectivity index (χ0n) is 22.1. The Morgan fingerprint density at radius 3 is 2.46 bits per heavy atom. The number of hydrogen-bond donors (Lipinski definition) is 1. The molecule has 3 rings (SSSR count). The van der Waals surface area contributed by atoms with Crippen molar-refractivity contribution in [2.75, 3.05) is 25.4 Å². The second-order valence-electron chi connectivity index (χ2n) is 9.20. The van der Waals surface area contributed by atoms with Gasteiger partial charge in [-0.05, 0) is 70.9 Å². The van der Waals surface area contributed by atoms with E-state index >= 15 is 0 Å². The fourth-order valence-corrected chi connectivity index (χ4v) is 5.27. The number of carbonyl (C=O) groups excluding carboxylic acids is 1. The Bertz CT molecular complexity index is 1150. The lowest BCUT2D eigenvalue weighted by molar-refractivity contribution is -0.121. The van der Waals surface area contributed by atoms with Gasteiger partial charge in [0.05, 0.1) is 15.7 Å². The van der Waals surface area contributed by atoms with Crippen molar-refractivity contribution < 1.29 is 4.79 Å². The van der Waals surface area contributed by atoms with Crippen molar-refractivity contribution in [1.82, 2.24) is 25.0 Å². The van der Waals surface area contributed by atoms with Crippen molar-refractivity contribution in [2.24, 2.45) is 0 Å². The predicted octanol–water partition coefficient (Wildman–Crippen LogP) is 7.05. The first-order chi connectivity index (χ1) is 17.8. The molecule has 200 valence electrons. The monoisotopic (exact) mass is 561 g/mol. The summed E-state index contributed by atoms with van der Waals surface area (Å²) in [5.41, 5.74) is 2.98. The van der Waals surface area contributed by atoms with Crippen molar-refractivity contribution in [1.29, 1.82) is 0 Å². The molecule has 1 amide bonds. The number of aromatic nitrogens is 3. The van der Waals surface area contributed by atoms with E-state index in [9.17, 15) is 4.79 Å². The third-order valence-corrected chi connectivity index (χ3v) is 8.05. The summed E-state index contributed by atoms with van der Waals surface area (Å²) in [6, 6.07) is 13.9. The van der Waals surface area contributed by atoms with E-state index in [0.29, 0.717) is 16.5 Å². The van der Waals surface area contributed by atoms with Crippen LogP contribution in [0.25, 0.3) is 17.1 Å². The van der Waals surface area contributed by atoms with Crippen LogP contribution in [0.15, 0.2) is 47.6 Å². The molecular weight excluding hydrogens is 525 g/mol. The quantitative estimate of drug-likeness (QED) is 0.169. The van der Waals surface area contributed by atoms with Crippen LogP contribution >= 0.6 is 35.0 Å². The van der Waals surface area contributed by atoms with E-state index in [4.69, 9.17) is 23.2 Å². The molecule has 0 radical (unpaired) electrons. The number of thioether (sulfide) groups is 1. The van der Waals surface area contributed by atoms with Crippen LogP contribution in [0.3, 0.4) is 0 Å². The number of benzene rings is 2. The molecule has 9 heteroatoms. The molecule has 0 bridgehead atoms. The topological polar surface area (TPSA) is 63.1 Å². The van der Waals surface area contributed by atoms with Gasteiger partial charge in [-0.1, -0.05) is 78.6 Å². The van der Waals surface area contributed by atoms with Gasteiger partial charge in [0.1, 0.15) is 0 Å². The molecular formula is C28H37Cl2N5OS. The lowest BCUT2D eigenvalue weighted by Gasteiger charge is -2.19. The average Bonchev–Trinajstić information content (AvgIpc) is 3.30. The van der Waals surface area contributed by atoms with Crippen LogP contribution in [0.2, 0.25) is 10.0 Å². The largest absolute Gasteiger partial charge is 0.354 e. The van der Waals surface area contributed by atoms with Crippen molar-refractivity contribution in [2.45, 2.75) is 64.6 Å². The summed E-state index contributed by atoms with van der Waals surface area (Å²) in [7, 11) is 0. The molecule has 1 N–H and O–H groups in total. The van der Waals surface area contributed by atoms with Crippen molar-refractivity contribution in [3.05, 3.63) is 58.1 Å². The number of carbonyl (C=O) groups is 1. The van der Waals surface area contributed by atoms with Crippen LogP contribution in [0.5, 0.6) is 0 Å². The minimum atomic E-state index is 0.0993. The molecule has 1 unspecified atom stereocenters. The molecule has 0 aliphatic rings. The van der Waals surface area contributed by atoms with E-state index in [1.165, 1.54) is 5.56 Å². The molecule has 6 nitrogen and oxygen atoms in total. The lowest BCUT2D eigenvalue weighted by atomic mass is 10.1. The minimum absolute atomic E-state index is 0.0993. The van der Waals surface area contributed by atoms with Crippen molar-refractivity contribution in [3.8, 4) is 17.1 Å². The van der Waals surface area contributed by atoms with Gasteiger partial charge in [-0.2, -0.15) is 0 Å². The van der Waals surface area contributed by atoms with Gasteiger partial charge in [-0.25, -0.2) is 0 Å². The molecule has 0 saturated carbocycles. The maximum absolute atomic E-state index is 12.5. The van der Waals surface area contributed by atoms with Gasteiger partial charge in [0, 0.05) is 23.8 Å². The zero-order chi connectivity index (χ0) is 26.8. The van der Waals surface area contributed by atoms with E-state index in [1.54, 1.807) is 17.8 Å². The SMILES string of the molecule is CCN(CC)CCCC(C)NC(=O)CCCSc1nnc(-c2ccc(C)cc2)n1-c1ccc(Cl)c(Cl)c1. The molecule has 2 aromatic carbocycles. The van der Waals surface area contributed by atoms with Gasteiger partial charge in [0.2, 0.25) is 5.91 Å². The highest BCUT2D eigenvalue weighted by Crippen LogP contribution is 2.31. The summed E-state index contributed by atoms with van der Waals surface area (Å²) in [5, 5.41) is 13.8. The summed E-state index contributed by atoms with van der Waals surface area (Å²) in [6.07, 6.45) is 3.31. The van der Waals surface area contributed by atoms with E-state index < -0.39 is 0 Å². The van der Waals surface area contributed by atoms with Gasteiger partial charge in [-0.3, -0.25) is 9.36 Å². The number of nitrogens with zero attached hydrogens (tertiary/aromatic N) is 4. The van der Waals surface area contributed by atoms with Crippen LogP contribution in [0.1, 0.15) is 52.0 Å². The van der Waals surface area contributed by atoms with E-state index in [1.807, 2.05) is 28.8 Å². The number of rotatable bonds is 14. The lowest BCUT2D eigenvalue weighted by Crippen LogP contribution is -2.33. The number of halogens is 2.